The number of rotatable bonds is 2. The summed E-state index contributed by atoms with van der Waals surface area (Å²) in [6.45, 7) is 9.10. The first-order valence-corrected chi connectivity index (χ1v) is 6.23. The van der Waals surface area contributed by atoms with Gasteiger partial charge in [0.15, 0.2) is 0 Å². The molecule has 1 saturated carbocycles. The lowest BCUT2D eigenvalue weighted by atomic mass is 10.0. The molecule has 0 saturated heterocycles. The standard InChI is InChI=1S/C12H18BrN3/c1-11(2)10(12(11,3)4)16-9-7(13)5-15-6-8(9)14/h5-6,10H,14H2,1-4H3,(H,15,16). The molecule has 0 aliphatic heterocycles. The lowest BCUT2D eigenvalue weighted by Crippen LogP contribution is -2.12. The Kier molecular flexibility index (Phi) is 2.46. The maximum atomic E-state index is 5.92. The van der Waals surface area contributed by atoms with Crippen LogP contribution in [0.4, 0.5) is 11.4 Å². The molecular formula is C12H18BrN3. The molecule has 1 fully saturated rings. The summed E-state index contributed by atoms with van der Waals surface area (Å²) in [6.07, 6.45) is 3.44. The van der Waals surface area contributed by atoms with Crippen molar-refractivity contribution in [2.24, 2.45) is 10.8 Å². The summed E-state index contributed by atoms with van der Waals surface area (Å²) in [5.41, 5.74) is 8.15. The number of nitrogen functional groups attached to an aromatic ring is 1. The van der Waals surface area contributed by atoms with E-state index < -0.39 is 0 Å². The molecule has 0 unspecified atom stereocenters. The number of nitrogens with zero attached hydrogens (tertiary/aromatic N) is 1. The minimum atomic E-state index is 0.294. The van der Waals surface area contributed by atoms with E-state index in [1.54, 1.807) is 12.4 Å². The summed E-state index contributed by atoms with van der Waals surface area (Å²) in [6, 6.07) is 0.445. The van der Waals surface area contributed by atoms with Gasteiger partial charge in [-0.2, -0.15) is 0 Å². The van der Waals surface area contributed by atoms with Gasteiger partial charge >= 0.3 is 0 Å². The van der Waals surface area contributed by atoms with Gasteiger partial charge in [0.1, 0.15) is 0 Å². The largest absolute Gasteiger partial charge is 0.396 e. The molecule has 1 aromatic rings. The SMILES string of the molecule is CC1(C)C(Nc2c(N)cncc2Br)C1(C)C. The maximum absolute atomic E-state index is 5.92. The van der Waals surface area contributed by atoms with Crippen LogP contribution in [-0.2, 0) is 0 Å². The molecule has 0 radical (unpaired) electrons. The quantitative estimate of drug-likeness (QED) is 0.876. The van der Waals surface area contributed by atoms with Crippen molar-refractivity contribution in [1.29, 1.82) is 0 Å². The van der Waals surface area contributed by atoms with Crippen LogP contribution in [0.1, 0.15) is 27.7 Å². The number of hydrogen-bond acceptors (Lipinski definition) is 3. The average molecular weight is 284 g/mol. The third kappa shape index (κ3) is 1.51. The van der Waals surface area contributed by atoms with Crippen molar-refractivity contribution in [2.45, 2.75) is 33.7 Å². The molecule has 0 bridgehead atoms. The van der Waals surface area contributed by atoms with Gasteiger partial charge in [0.2, 0.25) is 0 Å². The maximum Gasteiger partial charge on any atom is 0.0752 e. The van der Waals surface area contributed by atoms with Crippen LogP contribution in [0.25, 0.3) is 0 Å². The van der Waals surface area contributed by atoms with E-state index in [1.807, 2.05) is 0 Å². The first kappa shape index (κ1) is 11.7. The highest BCUT2D eigenvalue weighted by molar-refractivity contribution is 9.10. The van der Waals surface area contributed by atoms with Crippen molar-refractivity contribution in [1.82, 2.24) is 4.98 Å². The summed E-state index contributed by atoms with van der Waals surface area (Å²) >= 11 is 3.47. The normalized spacial score (nSPS) is 21.8. The Morgan fingerprint density at radius 1 is 1.25 bits per heavy atom. The lowest BCUT2D eigenvalue weighted by molar-refractivity contribution is 0.457. The Morgan fingerprint density at radius 3 is 2.25 bits per heavy atom. The first-order valence-electron chi connectivity index (χ1n) is 5.44. The highest BCUT2D eigenvalue weighted by atomic mass is 79.9. The minimum Gasteiger partial charge on any atom is -0.396 e. The fraction of sp³-hybridized carbons (Fsp3) is 0.583. The lowest BCUT2D eigenvalue weighted by Gasteiger charge is -2.12. The zero-order valence-corrected chi connectivity index (χ0v) is 11.7. The number of aromatic nitrogens is 1. The Hall–Kier alpha value is -0.770. The van der Waals surface area contributed by atoms with Crippen molar-refractivity contribution in [3.63, 3.8) is 0 Å². The van der Waals surface area contributed by atoms with Crippen molar-refractivity contribution in [3.05, 3.63) is 16.9 Å². The molecule has 0 atom stereocenters. The van der Waals surface area contributed by atoms with Gasteiger partial charge in [0.25, 0.3) is 0 Å². The van der Waals surface area contributed by atoms with Gasteiger partial charge in [-0.1, -0.05) is 27.7 Å². The predicted octanol–water partition coefficient (Wildman–Crippen LogP) is 3.27. The minimum absolute atomic E-state index is 0.294. The van der Waals surface area contributed by atoms with Crippen molar-refractivity contribution >= 4 is 27.3 Å². The average Bonchev–Trinajstić information content (AvgIpc) is 2.53. The van der Waals surface area contributed by atoms with E-state index >= 15 is 0 Å². The number of anilines is 2. The third-order valence-electron chi connectivity index (χ3n) is 4.24. The fourth-order valence-corrected chi connectivity index (χ4v) is 2.77. The van der Waals surface area contributed by atoms with Crippen LogP contribution in [0.3, 0.4) is 0 Å². The second-order valence-corrected chi connectivity index (χ2v) is 6.46. The zero-order valence-electron chi connectivity index (χ0n) is 10.1. The topological polar surface area (TPSA) is 50.9 Å². The molecule has 16 heavy (non-hydrogen) atoms. The summed E-state index contributed by atoms with van der Waals surface area (Å²) in [5, 5.41) is 3.52. The molecule has 3 N–H and O–H groups in total. The number of nitrogens with two attached hydrogens (primary N) is 1. The molecule has 1 aromatic heterocycles. The Balaban J connectivity index is 2.25. The van der Waals surface area contributed by atoms with Crippen LogP contribution >= 0.6 is 15.9 Å². The van der Waals surface area contributed by atoms with Gasteiger partial charge in [-0.15, -0.1) is 0 Å². The smallest absolute Gasteiger partial charge is 0.0752 e. The first-order chi connectivity index (χ1) is 7.28. The van der Waals surface area contributed by atoms with E-state index in [-0.39, 0.29) is 0 Å². The van der Waals surface area contributed by atoms with Gasteiger partial charge in [-0.3, -0.25) is 4.98 Å². The molecule has 1 aliphatic rings. The fourth-order valence-electron chi connectivity index (χ4n) is 2.30. The van der Waals surface area contributed by atoms with Gasteiger partial charge in [0, 0.05) is 12.2 Å². The number of nitrogens with one attached hydrogen (secondary N) is 1. The Labute approximate surface area is 105 Å². The van der Waals surface area contributed by atoms with Gasteiger partial charge in [-0.05, 0) is 26.8 Å². The molecule has 0 aromatic carbocycles. The van der Waals surface area contributed by atoms with Crippen LogP contribution in [0.5, 0.6) is 0 Å². The van der Waals surface area contributed by atoms with Gasteiger partial charge < -0.3 is 11.1 Å². The summed E-state index contributed by atoms with van der Waals surface area (Å²) in [4.78, 5) is 4.03. The van der Waals surface area contributed by atoms with E-state index in [9.17, 15) is 0 Å². The van der Waals surface area contributed by atoms with Crippen LogP contribution < -0.4 is 11.1 Å². The molecule has 1 heterocycles. The second kappa shape index (κ2) is 3.36. The highest BCUT2D eigenvalue weighted by Gasteiger charge is 2.65. The zero-order chi connectivity index (χ0) is 12.1. The molecule has 2 rings (SSSR count). The number of halogens is 1. The molecule has 88 valence electrons. The van der Waals surface area contributed by atoms with E-state index in [4.69, 9.17) is 5.73 Å². The number of hydrogen-bond donors (Lipinski definition) is 2. The van der Waals surface area contributed by atoms with Crippen molar-refractivity contribution in [3.8, 4) is 0 Å². The summed E-state index contributed by atoms with van der Waals surface area (Å²) in [5.74, 6) is 0. The summed E-state index contributed by atoms with van der Waals surface area (Å²) < 4.78 is 0.922. The predicted molar refractivity (Wildman–Crippen MR) is 71.3 cm³/mol. The Bertz CT molecular complexity index is 392. The van der Waals surface area contributed by atoms with Crippen molar-refractivity contribution < 1.29 is 0 Å². The van der Waals surface area contributed by atoms with Crippen LogP contribution in [0.15, 0.2) is 16.9 Å². The molecule has 0 spiro atoms. The summed E-state index contributed by atoms with van der Waals surface area (Å²) in [7, 11) is 0. The second-order valence-electron chi connectivity index (χ2n) is 5.61. The number of pyridine rings is 1. The molecule has 0 amide bonds. The van der Waals surface area contributed by atoms with E-state index in [2.05, 4.69) is 53.9 Å². The Morgan fingerprint density at radius 2 is 1.81 bits per heavy atom. The molecule has 3 nitrogen and oxygen atoms in total. The van der Waals surface area contributed by atoms with Gasteiger partial charge in [0.05, 0.1) is 22.0 Å². The van der Waals surface area contributed by atoms with Crippen LogP contribution in [-0.4, -0.2) is 11.0 Å². The van der Waals surface area contributed by atoms with Crippen molar-refractivity contribution in [2.75, 3.05) is 11.1 Å². The van der Waals surface area contributed by atoms with E-state index in [1.165, 1.54) is 0 Å². The third-order valence-corrected chi connectivity index (χ3v) is 4.84. The highest BCUT2D eigenvalue weighted by Crippen LogP contribution is 2.64. The monoisotopic (exact) mass is 283 g/mol. The molecule has 4 heteroatoms. The van der Waals surface area contributed by atoms with E-state index in [0.29, 0.717) is 22.6 Å². The van der Waals surface area contributed by atoms with Crippen LogP contribution in [0.2, 0.25) is 0 Å². The van der Waals surface area contributed by atoms with E-state index in [0.717, 1.165) is 10.2 Å². The van der Waals surface area contributed by atoms with Gasteiger partial charge in [-0.25, -0.2) is 0 Å². The molecule has 1 aliphatic carbocycles. The van der Waals surface area contributed by atoms with Crippen LogP contribution in [0, 0.1) is 10.8 Å². The molecular weight excluding hydrogens is 266 g/mol.